The lowest BCUT2D eigenvalue weighted by atomic mass is 9.74. The van der Waals surface area contributed by atoms with Crippen LogP contribution >= 0.6 is 0 Å². The number of fused-ring (bicyclic) bond motifs is 1. The fourth-order valence-electron chi connectivity index (χ4n) is 5.24. The van der Waals surface area contributed by atoms with Crippen LogP contribution in [0.15, 0.2) is 53.4 Å². The van der Waals surface area contributed by atoms with Crippen LogP contribution in [0.1, 0.15) is 42.7 Å². The third-order valence-electron chi connectivity index (χ3n) is 7.31. The standard InChI is InChI=1S/C27H32N2O4S/c1-33-23-5-4-6-24(17-23)34(31,32)28-15-2-3-16-29-25(18-28)27(26(29)19-30)22-13-11-21(12-14-22)10-9-20-7-8-20/h4-6,11-14,17,20,25-27,30H,2-3,7-8,15-16,18-19H2,1H3/t25-,26-,27-/m0/s1. The first-order valence-corrected chi connectivity index (χ1v) is 13.6. The zero-order valence-electron chi connectivity index (χ0n) is 19.6. The van der Waals surface area contributed by atoms with E-state index in [1.54, 1.807) is 28.6 Å². The molecule has 2 saturated heterocycles. The average Bonchev–Trinajstić information content (AvgIpc) is 3.67. The number of hydrogen-bond acceptors (Lipinski definition) is 5. The van der Waals surface area contributed by atoms with E-state index in [1.807, 2.05) is 0 Å². The van der Waals surface area contributed by atoms with Crippen LogP contribution in [0, 0.1) is 17.8 Å². The van der Waals surface area contributed by atoms with E-state index in [0.717, 1.165) is 30.5 Å². The van der Waals surface area contributed by atoms with Crippen molar-refractivity contribution in [3.05, 3.63) is 59.7 Å². The van der Waals surface area contributed by atoms with Gasteiger partial charge in [0.2, 0.25) is 10.0 Å². The maximum absolute atomic E-state index is 13.6. The molecule has 0 aromatic heterocycles. The molecule has 2 heterocycles. The Hall–Kier alpha value is -2.37. The van der Waals surface area contributed by atoms with Crippen LogP contribution in [-0.2, 0) is 10.0 Å². The first-order valence-electron chi connectivity index (χ1n) is 12.1. The fraction of sp³-hybridized carbons (Fsp3) is 0.481. The van der Waals surface area contributed by atoms with E-state index in [0.29, 0.717) is 24.8 Å². The molecule has 2 aromatic carbocycles. The van der Waals surface area contributed by atoms with Gasteiger partial charge in [0.15, 0.2) is 0 Å². The molecule has 5 rings (SSSR count). The molecule has 0 unspecified atom stereocenters. The van der Waals surface area contributed by atoms with Gasteiger partial charge in [0.25, 0.3) is 0 Å². The van der Waals surface area contributed by atoms with Crippen molar-refractivity contribution in [1.82, 2.24) is 9.21 Å². The number of hydrogen-bond donors (Lipinski definition) is 1. The van der Waals surface area contributed by atoms with Crippen molar-refractivity contribution in [2.24, 2.45) is 5.92 Å². The lowest BCUT2D eigenvalue weighted by Gasteiger charge is -2.57. The van der Waals surface area contributed by atoms with Gasteiger partial charge in [-0.25, -0.2) is 8.42 Å². The van der Waals surface area contributed by atoms with Crippen molar-refractivity contribution in [1.29, 1.82) is 0 Å². The Bertz CT molecular complexity index is 1180. The lowest BCUT2D eigenvalue weighted by molar-refractivity contribution is -0.0553. The smallest absolute Gasteiger partial charge is 0.243 e. The second-order valence-corrected chi connectivity index (χ2v) is 11.4. The highest BCUT2D eigenvalue weighted by Crippen LogP contribution is 2.42. The van der Waals surface area contributed by atoms with E-state index in [9.17, 15) is 13.5 Å². The number of ether oxygens (including phenoxy) is 1. The van der Waals surface area contributed by atoms with Crippen LogP contribution in [0.3, 0.4) is 0 Å². The molecule has 0 radical (unpaired) electrons. The fourth-order valence-corrected chi connectivity index (χ4v) is 6.77. The summed E-state index contributed by atoms with van der Waals surface area (Å²) in [5, 5.41) is 10.2. The van der Waals surface area contributed by atoms with E-state index >= 15 is 0 Å². The molecule has 3 atom stereocenters. The molecule has 34 heavy (non-hydrogen) atoms. The number of aliphatic hydroxyl groups is 1. The van der Waals surface area contributed by atoms with E-state index in [4.69, 9.17) is 4.74 Å². The molecule has 180 valence electrons. The van der Waals surface area contributed by atoms with Crippen LogP contribution in [0.25, 0.3) is 0 Å². The van der Waals surface area contributed by atoms with Gasteiger partial charge in [-0.3, -0.25) is 4.90 Å². The molecule has 3 aliphatic rings. The van der Waals surface area contributed by atoms with Crippen LogP contribution in [0.4, 0.5) is 0 Å². The van der Waals surface area contributed by atoms with Gasteiger partial charge < -0.3 is 9.84 Å². The predicted molar refractivity (Wildman–Crippen MR) is 131 cm³/mol. The minimum Gasteiger partial charge on any atom is -0.497 e. The van der Waals surface area contributed by atoms with Crippen molar-refractivity contribution in [3.8, 4) is 17.6 Å². The Labute approximate surface area is 202 Å². The molecule has 0 amide bonds. The number of methoxy groups -OCH3 is 1. The molecule has 1 saturated carbocycles. The predicted octanol–water partition coefficient (Wildman–Crippen LogP) is 3.07. The van der Waals surface area contributed by atoms with E-state index in [-0.39, 0.29) is 29.5 Å². The molecule has 7 heteroatoms. The minimum atomic E-state index is -3.66. The summed E-state index contributed by atoms with van der Waals surface area (Å²) in [7, 11) is -2.12. The van der Waals surface area contributed by atoms with Gasteiger partial charge in [-0.15, -0.1) is 0 Å². The van der Waals surface area contributed by atoms with E-state index < -0.39 is 10.0 Å². The van der Waals surface area contributed by atoms with Gasteiger partial charge in [-0.05, 0) is 62.1 Å². The summed E-state index contributed by atoms with van der Waals surface area (Å²) in [5.41, 5.74) is 2.14. The Kier molecular flexibility index (Phi) is 6.67. The van der Waals surface area contributed by atoms with Gasteiger partial charge in [-0.1, -0.05) is 30.0 Å². The van der Waals surface area contributed by atoms with Gasteiger partial charge in [-0.2, -0.15) is 4.31 Å². The van der Waals surface area contributed by atoms with Crippen molar-refractivity contribution < 1.29 is 18.3 Å². The van der Waals surface area contributed by atoms with Crippen molar-refractivity contribution in [3.63, 3.8) is 0 Å². The van der Waals surface area contributed by atoms with Gasteiger partial charge in [0.05, 0.1) is 18.6 Å². The van der Waals surface area contributed by atoms with Crippen LogP contribution < -0.4 is 4.74 Å². The van der Waals surface area contributed by atoms with Gasteiger partial charge >= 0.3 is 0 Å². The van der Waals surface area contributed by atoms with Crippen LogP contribution in [0.5, 0.6) is 5.75 Å². The summed E-state index contributed by atoms with van der Waals surface area (Å²) >= 11 is 0. The van der Waals surface area contributed by atoms with Gasteiger partial charge in [0, 0.05) is 48.6 Å². The monoisotopic (exact) mass is 480 g/mol. The van der Waals surface area contributed by atoms with E-state index in [2.05, 4.69) is 41.0 Å². The highest BCUT2D eigenvalue weighted by molar-refractivity contribution is 7.89. The van der Waals surface area contributed by atoms with Crippen molar-refractivity contribution in [2.45, 2.75) is 48.6 Å². The minimum absolute atomic E-state index is 0.00729. The van der Waals surface area contributed by atoms with Gasteiger partial charge in [0.1, 0.15) is 5.75 Å². The Morgan fingerprint density at radius 3 is 2.56 bits per heavy atom. The van der Waals surface area contributed by atoms with Crippen LogP contribution in [0.2, 0.25) is 0 Å². The number of sulfonamides is 1. The maximum Gasteiger partial charge on any atom is 0.243 e. The number of aliphatic hydroxyl groups excluding tert-OH is 1. The summed E-state index contributed by atoms with van der Waals surface area (Å²) in [5.74, 6) is 7.72. The maximum atomic E-state index is 13.6. The zero-order chi connectivity index (χ0) is 23.7. The molecule has 1 aliphatic carbocycles. The van der Waals surface area contributed by atoms with Crippen molar-refractivity contribution >= 4 is 10.0 Å². The largest absolute Gasteiger partial charge is 0.497 e. The molecular formula is C27H32N2O4S. The Morgan fingerprint density at radius 2 is 1.85 bits per heavy atom. The second kappa shape index (κ2) is 9.71. The lowest BCUT2D eigenvalue weighted by Crippen LogP contribution is -2.67. The molecule has 0 spiro atoms. The third-order valence-corrected chi connectivity index (χ3v) is 9.17. The normalized spacial score (nSPS) is 25.8. The third kappa shape index (κ3) is 4.60. The zero-order valence-corrected chi connectivity index (χ0v) is 20.4. The van der Waals surface area contributed by atoms with Crippen LogP contribution in [-0.4, -0.2) is 68.2 Å². The molecule has 2 aromatic rings. The number of rotatable bonds is 5. The molecule has 3 fully saturated rings. The topological polar surface area (TPSA) is 70.1 Å². The Morgan fingerprint density at radius 1 is 1.09 bits per heavy atom. The number of nitrogens with zero attached hydrogens (tertiary/aromatic N) is 2. The highest BCUT2D eigenvalue weighted by Gasteiger charge is 2.50. The molecular weight excluding hydrogens is 448 g/mol. The Balaban J connectivity index is 1.40. The first kappa shape index (κ1) is 23.4. The summed E-state index contributed by atoms with van der Waals surface area (Å²) in [4.78, 5) is 2.55. The van der Waals surface area contributed by atoms with E-state index in [1.165, 1.54) is 20.0 Å². The summed E-state index contributed by atoms with van der Waals surface area (Å²) in [6, 6.07) is 15.0. The summed E-state index contributed by atoms with van der Waals surface area (Å²) in [6.07, 6.45) is 4.11. The SMILES string of the molecule is COc1cccc(S(=O)(=O)N2CCCCN3[C@@H](CO)[C@@H](c4ccc(C#CC5CC5)cc4)[C@@H]3C2)c1. The summed E-state index contributed by atoms with van der Waals surface area (Å²) in [6.45, 7) is 1.84. The number of benzene rings is 2. The molecule has 2 aliphatic heterocycles. The molecule has 1 N–H and O–H groups in total. The van der Waals surface area contributed by atoms with Crippen molar-refractivity contribution in [2.75, 3.05) is 33.4 Å². The summed E-state index contributed by atoms with van der Waals surface area (Å²) < 4.78 is 34.0. The molecule has 0 bridgehead atoms. The second-order valence-electron chi connectivity index (χ2n) is 9.50. The first-order chi connectivity index (χ1) is 16.5. The average molecular weight is 481 g/mol. The molecule has 6 nitrogen and oxygen atoms in total. The highest BCUT2D eigenvalue weighted by atomic mass is 32.2. The quantitative estimate of drug-likeness (QED) is 0.666.